The van der Waals surface area contributed by atoms with Crippen LogP contribution in [0.1, 0.15) is 31.2 Å². The van der Waals surface area contributed by atoms with Gasteiger partial charge in [-0.25, -0.2) is 0 Å². The Morgan fingerprint density at radius 3 is 2.57 bits per heavy atom. The highest BCUT2D eigenvalue weighted by molar-refractivity contribution is 7.16. The van der Waals surface area contributed by atoms with Gasteiger partial charge in [-0.2, -0.15) is 0 Å². The van der Waals surface area contributed by atoms with Gasteiger partial charge < -0.3 is 11.1 Å². The van der Waals surface area contributed by atoms with Crippen molar-refractivity contribution in [1.82, 2.24) is 0 Å². The Hall–Kier alpha value is -2.45. The van der Waals surface area contributed by atoms with E-state index in [2.05, 4.69) is 5.32 Å². The number of nitrogens with one attached hydrogen (secondary N) is 1. The van der Waals surface area contributed by atoms with Gasteiger partial charge in [0.25, 0.3) is 17.5 Å². The maximum atomic E-state index is 12.3. The van der Waals surface area contributed by atoms with E-state index in [0.717, 1.165) is 10.9 Å². The molecule has 0 saturated heterocycles. The van der Waals surface area contributed by atoms with Crippen LogP contribution in [0.4, 0.5) is 10.7 Å². The number of anilines is 1. The molecule has 1 heterocycles. The number of aryl methyl sites for hydroxylation is 1. The highest BCUT2D eigenvalue weighted by Gasteiger charge is 2.21. The smallest absolute Gasteiger partial charge is 0.270 e. The summed E-state index contributed by atoms with van der Waals surface area (Å²) >= 11 is 7.13. The lowest BCUT2D eigenvalue weighted by atomic mass is 10.1. The molecular weight excluding hydrogens is 342 g/mol. The number of thiophene rings is 1. The third-order valence-electron chi connectivity index (χ3n) is 3.26. The number of non-ortho nitro benzene ring substituents is 1. The molecule has 7 nitrogen and oxygen atoms in total. The van der Waals surface area contributed by atoms with Gasteiger partial charge >= 0.3 is 0 Å². The molecule has 0 atom stereocenters. The number of hydrogen-bond donors (Lipinski definition) is 2. The largest absolute Gasteiger partial charge is 0.365 e. The Labute approximate surface area is 140 Å². The standard InChI is InChI=1S/C14H12ClN3O4S/c1-6-7(2)23-14(11(6)12(16)19)17-13(20)9-5-8(18(21)22)3-4-10(9)15/h3-5H,1-2H3,(H2,16,19)(H,17,20). The minimum atomic E-state index is -0.660. The van der Waals surface area contributed by atoms with Crippen molar-refractivity contribution in [2.45, 2.75) is 13.8 Å². The predicted molar refractivity (Wildman–Crippen MR) is 88.4 cm³/mol. The first-order valence-corrected chi connectivity index (χ1v) is 7.57. The van der Waals surface area contributed by atoms with Gasteiger partial charge in [-0.1, -0.05) is 11.6 Å². The zero-order valence-electron chi connectivity index (χ0n) is 12.2. The number of benzene rings is 1. The number of primary amides is 1. The normalized spacial score (nSPS) is 10.4. The van der Waals surface area contributed by atoms with Gasteiger partial charge in [-0.05, 0) is 25.5 Å². The fraction of sp³-hybridized carbons (Fsp3) is 0.143. The van der Waals surface area contributed by atoms with E-state index in [-0.39, 0.29) is 21.8 Å². The van der Waals surface area contributed by atoms with Crippen molar-refractivity contribution >= 4 is 45.4 Å². The third-order valence-corrected chi connectivity index (χ3v) is 4.72. The van der Waals surface area contributed by atoms with Gasteiger partial charge in [0, 0.05) is 17.0 Å². The second kappa shape index (κ2) is 6.35. The maximum absolute atomic E-state index is 12.3. The zero-order chi connectivity index (χ0) is 17.3. The molecule has 1 aromatic carbocycles. The van der Waals surface area contributed by atoms with Crippen LogP contribution in [0.2, 0.25) is 5.02 Å². The van der Waals surface area contributed by atoms with Crippen LogP contribution in [-0.4, -0.2) is 16.7 Å². The van der Waals surface area contributed by atoms with Crippen LogP contribution < -0.4 is 11.1 Å². The molecule has 0 spiro atoms. The van der Waals surface area contributed by atoms with Crippen molar-refractivity contribution in [3.05, 3.63) is 54.9 Å². The van der Waals surface area contributed by atoms with Crippen molar-refractivity contribution in [2.24, 2.45) is 5.73 Å². The van der Waals surface area contributed by atoms with Crippen molar-refractivity contribution in [3.8, 4) is 0 Å². The Kier molecular flexibility index (Phi) is 4.67. The van der Waals surface area contributed by atoms with Gasteiger partial charge in [-0.3, -0.25) is 19.7 Å². The third kappa shape index (κ3) is 3.33. The number of nitro benzene ring substituents is 1. The minimum Gasteiger partial charge on any atom is -0.365 e. The number of nitrogens with two attached hydrogens (primary N) is 1. The number of rotatable bonds is 4. The molecule has 2 rings (SSSR count). The quantitative estimate of drug-likeness (QED) is 0.648. The first-order valence-electron chi connectivity index (χ1n) is 6.37. The van der Waals surface area contributed by atoms with Gasteiger partial charge in [0.2, 0.25) is 0 Å². The molecule has 0 radical (unpaired) electrons. The molecule has 0 aliphatic rings. The summed E-state index contributed by atoms with van der Waals surface area (Å²) in [5.74, 6) is -1.31. The summed E-state index contributed by atoms with van der Waals surface area (Å²) in [6, 6.07) is 3.55. The Morgan fingerprint density at radius 1 is 1.35 bits per heavy atom. The van der Waals surface area contributed by atoms with Crippen molar-refractivity contribution in [1.29, 1.82) is 0 Å². The average molecular weight is 354 g/mol. The summed E-state index contributed by atoms with van der Waals surface area (Å²) in [4.78, 5) is 34.9. The van der Waals surface area contributed by atoms with E-state index in [1.54, 1.807) is 13.8 Å². The van der Waals surface area contributed by atoms with Crippen LogP contribution in [0.3, 0.4) is 0 Å². The number of carbonyl (C=O) groups is 2. The average Bonchev–Trinajstić information content (AvgIpc) is 2.73. The Bertz CT molecular complexity index is 832. The summed E-state index contributed by atoms with van der Waals surface area (Å²) < 4.78 is 0. The molecule has 2 amide bonds. The van der Waals surface area contributed by atoms with Gasteiger partial charge in [0.1, 0.15) is 5.00 Å². The van der Waals surface area contributed by atoms with E-state index in [9.17, 15) is 19.7 Å². The molecule has 23 heavy (non-hydrogen) atoms. The second-order valence-corrected chi connectivity index (χ2v) is 6.36. The lowest BCUT2D eigenvalue weighted by Gasteiger charge is -2.06. The molecule has 0 aliphatic carbocycles. The summed E-state index contributed by atoms with van der Waals surface area (Å²) in [5.41, 5.74) is 5.93. The van der Waals surface area contributed by atoms with E-state index >= 15 is 0 Å². The summed E-state index contributed by atoms with van der Waals surface area (Å²) in [5, 5.41) is 13.7. The number of nitrogens with zero attached hydrogens (tertiary/aromatic N) is 1. The lowest BCUT2D eigenvalue weighted by molar-refractivity contribution is -0.384. The second-order valence-electron chi connectivity index (χ2n) is 4.73. The van der Waals surface area contributed by atoms with E-state index in [1.807, 2.05) is 0 Å². The molecule has 0 bridgehead atoms. The summed E-state index contributed by atoms with van der Waals surface area (Å²) in [6.45, 7) is 3.52. The molecule has 1 aromatic heterocycles. The van der Waals surface area contributed by atoms with E-state index in [1.165, 1.54) is 23.5 Å². The number of halogens is 1. The number of hydrogen-bond acceptors (Lipinski definition) is 5. The minimum absolute atomic E-state index is 0.0556. The van der Waals surface area contributed by atoms with Crippen LogP contribution in [0.25, 0.3) is 0 Å². The van der Waals surface area contributed by atoms with Crippen LogP contribution in [0.5, 0.6) is 0 Å². The van der Waals surface area contributed by atoms with Crippen LogP contribution >= 0.6 is 22.9 Å². The van der Waals surface area contributed by atoms with Gasteiger partial charge in [-0.15, -0.1) is 11.3 Å². The maximum Gasteiger partial charge on any atom is 0.270 e. The fourth-order valence-corrected chi connectivity index (χ4v) is 3.25. The Morgan fingerprint density at radius 2 is 2.00 bits per heavy atom. The van der Waals surface area contributed by atoms with Crippen molar-refractivity contribution < 1.29 is 14.5 Å². The first kappa shape index (κ1) is 16.9. The molecule has 0 aliphatic heterocycles. The summed E-state index contributed by atoms with van der Waals surface area (Å²) in [6.07, 6.45) is 0. The highest BCUT2D eigenvalue weighted by Crippen LogP contribution is 2.33. The first-order chi connectivity index (χ1) is 10.7. The topological polar surface area (TPSA) is 115 Å². The van der Waals surface area contributed by atoms with Crippen LogP contribution in [-0.2, 0) is 0 Å². The van der Waals surface area contributed by atoms with E-state index < -0.39 is 16.7 Å². The molecule has 9 heteroatoms. The van der Waals surface area contributed by atoms with E-state index in [0.29, 0.717) is 10.6 Å². The van der Waals surface area contributed by atoms with Gasteiger partial charge in [0.05, 0.1) is 21.1 Å². The molecule has 0 unspecified atom stereocenters. The molecule has 0 fully saturated rings. The van der Waals surface area contributed by atoms with Crippen molar-refractivity contribution in [2.75, 3.05) is 5.32 Å². The van der Waals surface area contributed by atoms with Crippen LogP contribution in [0, 0.1) is 24.0 Å². The number of amides is 2. The van der Waals surface area contributed by atoms with Crippen LogP contribution in [0.15, 0.2) is 18.2 Å². The van der Waals surface area contributed by atoms with Gasteiger partial charge in [0.15, 0.2) is 0 Å². The SMILES string of the molecule is Cc1sc(NC(=O)c2cc([N+](=O)[O-])ccc2Cl)c(C(N)=O)c1C. The molecule has 3 N–H and O–H groups in total. The molecular formula is C14H12ClN3O4S. The molecule has 2 aromatic rings. The molecule has 120 valence electrons. The number of carbonyl (C=O) groups excluding carboxylic acids is 2. The lowest BCUT2D eigenvalue weighted by Crippen LogP contribution is -2.17. The Balaban J connectivity index is 2.41. The highest BCUT2D eigenvalue weighted by atomic mass is 35.5. The predicted octanol–water partition coefficient (Wildman–Crippen LogP) is 3.28. The zero-order valence-corrected chi connectivity index (χ0v) is 13.7. The molecule has 0 saturated carbocycles. The summed E-state index contributed by atoms with van der Waals surface area (Å²) in [7, 11) is 0. The van der Waals surface area contributed by atoms with E-state index in [4.69, 9.17) is 17.3 Å². The van der Waals surface area contributed by atoms with Crippen molar-refractivity contribution in [3.63, 3.8) is 0 Å². The number of nitro groups is 1. The monoisotopic (exact) mass is 353 g/mol. The fourth-order valence-electron chi connectivity index (χ4n) is 1.98.